The summed E-state index contributed by atoms with van der Waals surface area (Å²) < 4.78 is 26.4. The molecule has 0 fully saturated rings. The largest absolute Gasteiger partial charge is 0.305 e. The molecule has 1 aromatic carbocycles. The van der Waals surface area contributed by atoms with Gasteiger partial charge in [-0.1, -0.05) is 18.5 Å². The van der Waals surface area contributed by atoms with Gasteiger partial charge in [0.2, 0.25) is 10.0 Å². The minimum Gasteiger partial charge on any atom is -0.305 e. The second kappa shape index (κ2) is 6.98. The topological polar surface area (TPSA) is 92.6 Å². The molecule has 1 N–H and O–H groups in total. The SMILES string of the molecule is CCN(C)CCNS(=O)(=O)c1ccc(Cl)c([N+](=O)[O-])c1. The maximum atomic E-state index is 12.0. The maximum absolute atomic E-state index is 12.0. The van der Waals surface area contributed by atoms with E-state index in [4.69, 9.17) is 11.6 Å². The van der Waals surface area contributed by atoms with Gasteiger partial charge in [-0.2, -0.15) is 0 Å². The van der Waals surface area contributed by atoms with E-state index in [-0.39, 0.29) is 16.5 Å². The summed E-state index contributed by atoms with van der Waals surface area (Å²) in [4.78, 5) is 11.8. The van der Waals surface area contributed by atoms with Crippen molar-refractivity contribution < 1.29 is 13.3 Å². The first-order chi connectivity index (χ1) is 9.27. The highest BCUT2D eigenvalue weighted by Gasteiger charge is 2.20. The van der Waals surface area contributed by atoms with Gasteiger partial charge in [-0.25, -0.2) is 13.1 Å². The fourth-order valence-electron chi connectivity index (χ4n) is 1.41. The van der Waals surface area contributed by atoms with Crippen LogP contribution in [-0.2, 0) is 10.0 Å². The third-order valence-electron chi connectivity index (χ3n) is 2.75. The number of nitro benzene ring substituents is 1. The molecule has 1 aromatic rings. The molecule has 0 radical (unpaired) electrons. The zero-order valence-electron chi connectivity index (χ0n) is 11.2. The lowest BCUT2D eigenvalue weighted by Crippen LogP contribution is -2.32. The monoisotopic (exact) mass is 321 g/mol. The van der Waals surface area contributed by atoms with E-state index < -0.39 is 20.6 Å². The van der Waals surface area contributed by atoms with E-state index in [0.717, 1.165) is 12.6 Å². The van der Waals surface area contributed by atoms with Gasteiger partial charge < -0.3 is 4.90 Å². The van der Waals surface area contributed by atoms with Gasteiger partial charge in [-0.3, -0.25) is 10.1 Å². The lowest BCUT2D eigenvalue weighted by Gasteiger charge is -2.14. The van der Waals surface area contributed by atoms with Gasteiger partial charge in [0.05, 0.1) is 9.82 Å². The van der Waals surface area contributed by atoms with E-state index in [1.165, 1.54) is 12.1 Å². The molecule has 0 aliphatic carbocycles. The van der Waals surface area contributed by atoms with Crippen LogP contribution in [0.5, 0.6) is 0 Å². The van der Waals surface area contributed by atoms with E-state index in [1.807, 2.05) is 18.9 Å². The fraction of sp³-hybridized carbons (Fsp3) is 0.455. The van der Waals surface area contributed by atoms with Crippen molar-refractivity contribution in [2.24, 2.45) is 0 Å². The van der Waals surface area contributed by atoms with Crippen molar-refractivity contribution in [2.75, 3.05) is 26.7 Å². The molecule has 0 atom stereocenters. The van der Waals surface area contributed by atoms with Crippen LogP contribution in [0.2, 0.25) is 5.02 Å². The van der Waals surface area contributed by atoms with Crippen LogP contribution in [-0.4, -0.2) is 44.9 Å². The average molecular weight is 322 g/mol. The molecule has 0 saturated carbocycles. The summed E-state index contributed by atoms with van der Waals surface area (Å²) in [7, 11) is -1.91. The van der Waals surface area contributed by atoms with Crippen molar-refractivity contribution in [1.29, 1.82) is 0 Å². The fourth-order valence-corrected chi connectivity index (χ4v) is 2.64. The number of hydrogen-bond donors (Lipinski definition) is 1. The first-order valence-electron chi connectivity index (χ1n) is 5.90. The molecule has 0 saturated heterocycles. The van der Waals surface area contributed by atoms with Crippen LogP contribution >= 0.6 is 11.6 Å². The van der Waals surface area contributed by atoms with Crippen molar-refractivity contribution in [3.05, 3.63) is 33.3 Å². The zero-order chi connectivity index (χ0) is 15.3. The van der Waals surface area contributed by atoms with Crippen LogP contribution < -0.4 is 4.72 Å². The second-order valence-corrected chi connectivity index (χ2v) is 6.34. The Kier molecular flexibility index (Phi) is 5.88. The van der Waals surface area contributed by atoms with Crippen molar-refractivity contribution in [2.45, 2.75) is 11.8 Å². The normalized spacial score (nSPS) is 11.8. The lowest BCUT2D eigenvalue weighted by molar-refractivity contribution is -0.384. The van der Waals surface area contributed by atoms with Crippen LogP contribution in [0, 0.1) is 10.1 Å². The number of halogens is 1. The van der Waals surface area contributed by atoms with Crippen LogP contribution in [0.15, 0.2) is 23.1 Å². The Morgan fingerprint density at radius 2 is 2.10 bits per heavy atom. The molecule has 0 heterocycles. The molecule has 0 unspecified atom stereocenters. The standard InChI is InChI=1S/C11H16ClN3O4S/c1-3-14(2)7-6-13-20(18,19)9-4-5-10(12)11(8-9)15(16)17/h4-5,8,13H,3,6-7H2,1-2H3. The number of nitro groups is 1. The van der Waals surface area contributed by atoms with Crippen LogP contribution in [0.3, 0.4) is 0 Å². The van der Waals surface area contributed by atoms with E-state index in [1.54, 1.807) is 0 Å². The molecule has 1 rings (SSSR count). The number of nitrogens with zero attached hydrogens (tertiary/aromatic N) is 2. The number of benzene rings is 1. The molecule has 20 heavy (non-hydrogen) atoms. The Morgan fingerprint density at radius 1 is 1.45 bits per heavy atom. The summed E-state index contributed by atoms with van der Waals surface area (Å²) in [5, 5.41) is 10.6. The van der Waals surface area contributed by atoms with Gasteiger partial charge in [0.25, 0.3) is 5.69 Å². The minimum absolute atomic E-state index is 0.0975. The van der Waals surface area contributed by atoms with Crippen LogP contribution in [0.25, 0.3) is 0 Å². The molecule has 0 bridgehead atoms. The Hall–Kier alpha value is -1.22. The van der Waals surface area contributed by atoms with Gasteiger partial charge in [0.1, 0.15) is 5.02 Å². The third kappa shape index (κ3) is 4.41. The summed E-state index contributed by atoms with van der Waals surface area (Å²) in [6.07, 6.45) is 0. The summed E-state index contributed by atoms with van der Waals surface area (Å²) in [6, 6.07) is 3.39. The minimum atomic E-state index is -3.78. The summed E-state index contributed by atoms with van der Waals surface area (Å²) in [5.41, 5.74) is -0.430. The first-order valence-corrected chi connectivity index (χ1v) is 7.76. The average Bonchev–Trinajstić information content (AvgIpc) is 2.38. The molecule has 0 amide bonds. The molecule has 0 aliphatic rings. The molecule has 7 nitrogen and oxygen atoms in total. The van der Waals surface area contributed by atoms with Gasteiger partial charge in [0, 0.05) is 19.2 Å². The van der Waals surface area contributed by atoms with Crippen molar-refractivity contribution in [3.63, 3.8) is 0 Å². The number of nitrogens with one attached hydrogen (secondary N) is 1. The van der Waals surface area contributed by atoms with E-state index >= 15 is 0 Å². The molecule has 9 heteroatoms. The van der Waals surface area contributed by atoms with Crippen molar-refractivity contribution in [1.82, 2.24) is 9.62 Å². The predicted molar refractivity (Wildman–Crippen MR) is 76.5 cm³/mol. The van der Waals surface area contributed by atoms with Gasteiger partial charge >= 0.3 is 0 Å². The third-order valence-corrected chi connectivity index (χ3v) is 4.53. The number of rotatable bonds is 7. The number of likely N-dealkylation sites (N-methyl/N-ethyl adjacent to an activating group) is 1. The number of sulfonamides is 1. The van der Waals surface area contributed by atoms with Gasteiger partial charge in [0.15, 0.2) is 0 Å². The quantitative estimate of drug-likeness (QED) is 0.606. The summed E-state index contributed by atoms with van der Waals surface area (Å²) in [5.74, 6) is 0. The molecule has 0 aliphatic heterocycles. The van der Waals surface area contributed by atoms with Gasteiger partial charge in [-0.15, -0.1) is 0 Å². The van der Waals surface area contributed by atoms with E-state index in [0.29, 0.717) is 6.54 Å². The first kappa shape index (κ1) is 16.8. The predicted octanol–water partition coefficient (Wildman–Crippen LogP) is 1.48. The second-order valence-electron chi connectivity index (χ2n) is 4.16. The highest BCUT2D eigenvalue weighted by Crippen LogP contribution is 2.26. The van der Waals surface area contributed by atoms with Gasteiger partial charge in [-0.05, 0) is 25.7 Å². The summed E-state index contributed by atoms with van der Waals surface area (Å²) >= 11 is 5.64. The summed E-state index contributed by atoms with van der Waals surface area (Å²) in [6.45, 7) is 3.53. The van der Waals surface area contributed by atoms with Crippen molar-refractivity contribution >= 4 is 27.3 Å². The molecular formula is C11H16ClN3O4S. The molecular weight excluding hydrogens is 306 g/mol. The van der Waals surface area contributed by atoms with E-state index in [2.05, 4.69) is 4.72 Å². The van der Waals surface area contributed by atoms with Crippen LogP contribution in [0.1, 0.15) is 6.92 Å². The molecule has 0 aromatic heterocycles. The Balaban J connectivity index is 2.88. The Labute approximate surface area is 122 Å². The smallest absolute Gasteiger partial charge is 0.289 e. The van der Waals surface area contributed by atoms with Crippen molar-refractivity contribution in [3.8, 4) is 0 Å². The number of hydrogen-bond acceptors (Lipinski definition) is 5. The van der Waals surface area contributed by atoms with E-state index in [9.17, 15) is 18.5 Å². The molecule has 0 spiro atoms. The highest BCUT2D eigenvalue weighted by molar-refractivity contribution is 7.89. The Morgan fingerprint density at radius 3 is 2.65 bits per heavy atom. The lowest BCUT2D eigenvalue weighted by atomic mass is 10.3. The highest BCUT2D eigenvalue weighted by atomic mass is 35.5. The van der Waals surface area contributed by atoms with Crippen LogP contribution in [0.4, 0.5) is 5.69 Å². The Bertz CT molecular complexity index is 591. The zero-order valence-corrected chi connectivity index (χ0v) is 12.7. The molecule has 112 valence electrons. The maximum Gasteiger partial charge on any atom is 0.289 e.